The van der Waals surface area contributed by atoms with Crippen molar-refractivity contribution in [2.75, 3.05) is 0 Å². The van der Waals surface area contributed by atoms with Gasteiger partial charge in [0.1, 0.15) is 0 Å². The first-order valence-corrected chi connectivity index (χ1v) is 9.15. The second kappa shape index (κ2) is 7.59. The van der Waals surface area contributed by atoms with Gasteiger partial charge in [-0.1, -0.05) is 42.4 Å². The number of rotatable bonds is 6. The maximum atomic E-state index is 12.5. The lowest BCUT2D eigenvalue weighted by molar-refractivity contribution is -0.122. The molecule has 1 aromatic carbocycles. The maximum Gasteiger partial charge on any atom is 0.261 e. The van der Waals surface area contributed by atoms with Gasteiger partial charge in [0.25, 0.3) is 5.89 Å². The first-order valence-electron chi connectivity index (χ1n) is 9.15. The van der Waals surface area contributed by atoms with Crippen LogP contribution in [0.2, 0.25) is 0 Å². The minimum atomic E-state index is -0.248. The highest BCUT2D eigenvalue weighted by Crippen LogP contribution is 2.22. The van der Waals surface area contributed by atoms with E-state index in [1.54, 1.807) is 0 Å². The summed E-state index contributed by atoms with van der Waals surface area (Å²) in [7, 11) is 0. The smallest absolute Gasteiger partial charge is 0.261 e. The van der Waals surface area contributed by atoms with Crippen molar-refractivity contribution in [3.8, 4) is 11.5 Å². The Morgan fingerprint density at radius 1 is 1.18 bits per heavy atom. The summed E-state index contributed by atoms with van der Waals surface area (Å²) < 4.78 is 7.14. The third kappa shape index (κ3) is 3.36. The third-order valence-electron chi connectivity index (χ3n) is 4.63. The Morgan fingerprint density at radius 2 is 2.00 bits per heavy atom. The van der Waals surface area contributed by atoms with E-state index in [0.717, 1.165) is 5.56 Å². The third-order valence-corrected chi connectivity index (χ3v) is 4.63. The maximum absolute atomic E-state index is 12.5. The van der Waals surface area contributed by atoms with Crippen LogP contribution in [0.3, 0.4) is 0 Å². The number of amides is 1. The average molecular weight is 376 g/mol. The van der Waals surface area contributed by atoms with Crippen LogP contribution in [0, 0.1) is 0 Å². The topological polar surface area (TPSA) is 98.2 Å². The highest BCUT2D eigenvalue weighted by molar-refractivity contribution is 5.83. The molecule has 4 aromatic rings. The van der Waals surface area contributed by atoms with Crippen LogP contribution < -0.4 is 5.32 Å². The summed E-state index contributed by atoms with van der Waals surface area (Å²) in [5.74, 6) is 1.35. The average Bonchev–Trinajstić information content (AvgIpc) is 3.39. The number of aryl methyl sites for hydroxylation is 1. The molecular weight excluding hydrogens is 356 g/mol. The van der Waals surface area contributed by atoms with Crippen LogP contribution in [0.25, 0.3) is 17.1 Å². The fourth-order valence-corrected chi connectivity index (χ4v) is 2.97. The molecule has 142 valence electrons. The quantitative estimate of drug-likeness (QED) is 0.556. The Bertz CT molecular complexity index is 1100. The molecule has 0 saturated carbocycles. The molecule has 4 rings (SSSR count). The molecule has 1 atom stereocenters. The van der Waals surface area contributed by atoms with Gasteiger partial charge >= 0.3 is 0 Å². The Balaban J connectivity index is 1.54. The summed E-state index contributed by atoms with van der Waals surface area (Å²) in [5, 5.41) is 15.3. The predicted molar refractivity (Wildman–Crippen MR) is 102 cm³/mol. The molecule has 3 aromatic heterocycles. The van der Waals surface area contributed by atoms with Crippen molar-refractivity contribution in [1.29, 1.82) is 0 Å². The van der Waals surface area contributed by atoms with E-state index in [9.17, 15) is 4.79 Å². The monoisotopic (exact) mass is 376 g/mol. The van der Waals surface area contributed by atoms with E-state index in [2.05, 4.69) is 25.7 Å². The van der Waals surface area contributed by atoms with Crippen molar-refractivity contribution < 1.29 is 9.32 Å². The zero-order chi connectivity index (χ0) is 19.5. The summed E-state index contributed by atoms with van der Waals surface area (Å²) in [4.78, 5) is 16.9. The largest absolute Gasteiger partial charge is 0.348 e. The number of nitrogens with one attached hydrogen (secondary N) is 1. The zero-order valence-corrected chi connectivity index (χ0v) is 15.7. The molecule has 8 nitrogen and oxygen atoms in total. The van der Waals surface area contributed by atoms with E-state index in [4.69, 9.17) is 4.52 Å². The molecular formula is C20H20N6O2. The van der Waals surface area contributed by atoms with Crippen molar-refractivity contribution >= 4 is 11.6 Å². The van der Waals surface area contributed by atoms with Crippen LogP contribution >= 0.6 is 0 Å². The molecule has 0 aliphatic heterocycles. The van der Waals surface area contributed by atoms with Gasteiger partial charge in [-0.05, 0) is 24.6 Å². The minimum Gasteiger partial charge on any atom is -0.348 e. The van der Waals surface area contributed by atoms with Gasteiger partial charge < -0.3 is 9.84 Å². The lowest BCUT2D eigenvalue weighted by atomic mass is 10.0. The molecule has 8 heteroatoms. The van der Waals surface area contributed by atoms with Crippen molar-refractivity contribution in [2.24, 2.45) is 0 Å². The van der Waals surface area contributed by atoms with E-state index in [1.165, 1.54) is 0 Å². The lowest BCUT2D eigenvalue weighted by Crippen LogP contribution is -2.28. The number of carbonyl (C=O) groups is 1. The van der Waals surface area contributed by atoms with Gasteiger partial charge in [0.15, 0.2) is 17.3 Å². The van der Waals surface area contributed by atoms with E-state index in [-0.39, 0.29) is 18.4 Å². The van der Waals surface area contributed by atoms with Crippen molar-refractivity contribution in [3.63, 3.8) is 0 Å². The molecule has 1 amide bonds. The highest BCUT2D eigenvalue weighted by Gasteiger charge is 2.18. The molecule has 28 heavy (non-hydrogen) atoms. The van der Waals surface area contributed by atoms with Gasteiger partial charge in [0, 0.05) is 12.6 Å². The van der Waals surface area contributed by atoms with Crippen LogP contribution in [0.15, 0.2) is 53.2 Å². The number of carbonyl (C=O) groups excluding carboxylic acids is 1. The molecule has 0 saturated heterocycles. The van der Waals surface area contributed by atoms with Gasteiger partial charge in [-0.3, -0.25) is 9.20 Å². The highest BCUT2D eigenvalue weighted by atomic mass is 16.5. The number of fused-ring (bicyclic) bond motifs is 1. The number of aromatic nitrogens is 5. The normalized spacial score (nSPS) is 12.2. The SMILES string of the molecule is CCc1noc(-c2cccn3c(CNC(=O)[C@H](C)c4ccccc4)nnc23)n1. The van der Waals surface area contributed by atoms with Crippen LogP contribution in [0.1, 0.15) is 37.0 Å². The van der Waals surface area contributed by atoms with E-state index >= 15 is 0 Å². The Hall–Kier alpha value is -3.55. The number of hydrogen-bond acceptors (Lipinski definition) is 6. The predicted octanol–water partition coefficient (Wildman–Crippen LogP) is 2.76. The van der Waals surface area contributed by atoms with Crippen LogP contribution in [-0.4, -0.2) is 30.6 Å². The number of hydrogen-bond donors (Lipinski definition) is 1. The summed E-state index contributed by atoms with van der Waals surface area (Å²) in [6, 6.07) is 13.4. The minimum absolute atomic E-state index is 0.0661. The number of benzene rings is 1. The molecule has 0 bridgehead atoms. The molecule has 0 aliphatic rings. The second-order valence-corrected chi connectivity index (χ2v) is 6.45. The molecule has 0 unspecified atom stereocenters. The van der Waals surface area contributed by atoms with Crippen LogP contribution in [0.5, 0.6) is 0 Å². The summed E-state index contributed by atoms with van der Waals surface area (Å²) in [6.45, 7) is 4.11. The van der Waals surface area contributed by atoms with Gasteiger partial charge in [-0.25, -0.2) is 0 Å². The molecule has 0 fully saturated rings. The molecule has 0 radical (unpaired) electrons. The van der Waals surface area contributed by atoms with Gasteiger partial charge in [0.2, 0.25) is 5.91 Å². The van der Waals surface area contributed by atoms with E-state index in [1.807, 2.05) is 66.9 Å². The lowest BCUT2D eigenvalue weighted by Gasteiger charge is -2.12. The Kier molecular flexibility index (Phi) is 4.84. The molecule has 3 heterocycles. The Morgan fingerprint density at radius 3 is 2.75 bits per heavy atom. The van der Waals surface area contributed by atoms with Crippen LogP contribution in [-0.2, 0) is 17.8 Å². The fraction of sp³-hybridized carbons (Fsp3) is 0.250. The van der Waals surface area contributed by atoms with Gasteiger partial charge in [0.05, 0.1) is 18.0 Å². The zero-order valence-electron chi connectivity index (χ0n) is 15.7. The summed E-state index contributed by atoms with van der Waals surface area (Å²) >= 11 is 0. The standard InChI is InChI=1S/C20H20N6O2/c1-3-16-22-20(28-25-16)15-10-7-11-26-17(23-24-18(15)26)12-21-19(27)13(2)14-8-5-4-6-9-14/h4-11,13H,3,12H2,1-2H3,(H,21,27)/t13-/m1/s1. The van der Waals surface area contributed by atoms with Gasteiger partial charge in [-0.2, -0.15) is 4.98 Å². The van der Waals surface area contributed by atoms with Crippen molar-refractivity contribution in [3.05, 3.63) is 65.9 Å². The van der Waals surface area contributed by atoms with Crippen molar-refractivity contribution in [2.45, 2.75) is 32.7 Å². The summed E-state index contributed by atoms with van der Waals surface area (Å²) in [5.41, 5.74) is 2.28. The fourth-order valence-electron chi connectivity index (χ4n) is 2.97. The molecule has 0 spiro atoms. The molecule has 0 aliphatic carbocycles. The number of nitrogens with zero attached hydrogens (tertiary/aromatic N) is 5. The summed E-state index contributed by atoms with van der Waals surface area (Å²) in [6.07, 6.45) is 2.54. The number of pyridine rings is 1. The first kappa shape index (κ1) is 17.8. The van der Waals surface area contributed by atoms with Crippen molar-refractivity contribution in [1.82, 2.24) is 30.1 Å². The van der Waals surface area contributed by atoms with E-state index in [0.29, 0.717) is 35.2 Å². The van der Waals surface area contributed by atoms with E-state index < -0.39 is 0 Å². The van der Waals surface area contributed by atoms with Crippen LogP contribution in [0.4, 0.5) is 0 Å². The Labute approximate surface area is 161 Å². The second-order valence-electron chi connectivity index (χ2n) is 6.45. The first-order chi connectivity index (χ1) is 13.7. The van der Waals surface area contributed by atoms with Gasteiger partial charge in [-0.15, -0.1) is 10.2 Å². The molecule has 1 N–H and O–H groups in total.